The van der Waals surface area contributed by atoms with Crippen molar-refractivity contribution in [1.29, 1.82) is 0 Å². The first kappa shape index (κ1) is 19.5. The van der Waals surface area contributed by atoms with Crippen LogP contribution in [0.25, 0.3) is 0 Å². The third-order valence-electron chi connectivity index (χ3n) is 2.72. The van der Waals surface area contributed by atoms with Gasteiger partial charge in [-0.05, 0) is 19.3 Å². The highest BCUT2D eigenvalue weighted by Gasteiger charge is 2.22. The Balaban J connectivity index is 4.51. The molecular formula is C16H28O5. The maximum absolute atomic E-state index is 11.9. The summed E-state index contributed by atoms with van der Waals surface area (Å²) < 4.78 is 15.3. The van der Waals surface area contributed by atoms with E-state index in [1.165, 1.54) is 0 Å². The van der Waals surface area contributed by atoms with Gasteiger partial charge in [0, 0.05) is 0 Å². The zero-order chi connectivity index (χ0) is 15.9. The highest BCUT2D eigenvalue weighted by molar-refractivity contribution is 6.13. The fraction of sp³-hybridized carbons (Fsp3) is 0.750. The smallest absolute Gasteiger partial charge is 0.348 e. The number of unbranched alkanes of at least 4 members (excludes halogenated alkanes) is 3. The fourth-order valence-electron chi connectivity index (χ4n) is 1.32. The molecule has 5 nitrogen and oxygen atoms in total. The number of carbonyl (C=O) groups excluding carboxylic acids is 2. The van der Waals surface area contributed by atoms with Crippen LogP contribution in [0.1, 0.15) is 59.3 Å². The van der Waals surface area contributed by atoms with Gasteiger partial charge in [0.2, 0.25) is 0 Å². The third-order valence-corrected chi connectivity index (χ3v) is 2.72. The minimum absolute atomic E-state index is 0.168. The zero-order valence-corrected chi connectivity index (χ0v) is 13.5. The molecular weight excluding hydrogens is 272 g/mol. The van der Waals surface area contributed by atoms with Gasteiger partial charge in [-0.2, -0.15) is 0 Å². The van der Waals surface area contributed by atoms with Crippen LogP contribution in [-0.2, 0) is 23.8 Å². The van der Waals surface area contributed by atoms with E-state index < -0.39 is 11.9 Å². The monoisotopic (exact) mass is 300 g/mol. The van der Waals surface area contributed by atoms with E-state index >= 15 is 0 Å². The van der Waals surface area contributed by atoms with Crippen molar-refractivity contribution in [3.05, 3.63) is 11.8 Å². The summed E-state index contributed by atoms with van der Waals surface area (Å²) in [7, 11) is 0. The summed E-state index contributed by atoms with van der Waals surface area (Å²) in [4.78, 5) is 23.8. The second-order valence-corrected chi connectivity index (χ2v) is 4.73. The minimum atomic E-state index is -0.679. The third kappa shape index (κ3) is 9.93. The predicted molar refractivity (Wildman–Crippen MR) is 80.7 cm³/mol. The number of hydrogen-bond donors (Lipinski definition) is 0. The molecule has 0 radical (unpaired) electrons. The average Bonchev–Trinajstić information content (AvgIpc) is 2.47. The number of rotatable bonds is 12. The highest BCUT2D eigenvalue weighted by Crippen LogP contribution is 2.05. The predicted octanol–water partition coefficient (Wildman–Crippen LogP) is 3.37. The van der Waals surface area contributed by atoms with Gasteiger partial charge in [0.1, 0.15) is 6.26 Å². The van der Waals surface area contributed by atoms with Gasteiger partial charge in [-0.15, -0.1) is 0 Å². The molecule has 0 spiro atoms. The topological polar surface area (TPSA) is 61.8 Å². The van der Waals surface area contributed by atoms with Gasteiger partial charge in [0.05, 0.1) is 19.8 Å². The van der Waals surface area contributed by atoms with Gasteiger partial charge >= 0.3 is 11.9 Å². The van der Waals surface area contributed by atoms with Gasteiger partial charge in [0.25, 0.3) is 0 Å². The Kier molecular flexibility index (Phi) is 12.5. The van der Waals surface area contributed by atoms with Crippen LogP contribution in [0.5, 0.6) is 0 Å². The normalized spacial score (nSPS) is 9.86. The maximum atomic E-state index is 11.9. The standard InChI is InChI=1S/C16H28O5/c1-4-7-10-19-13-14(15(17)20-11-8-5-2)16(18)21-12-9-6-3/h13H,4-12H2,1-3H3. The molecule has 0 atom stereocenters. The number of ether oxygens (including phenoxy) is 3. The van der Waals surface area contributed by atoms with Crippen LogP contribution < -0.4 is 0 Å². The van der Waals surface area contributed by atoms with E-state index in [4.69, 9.17) is 14.2 Å². The summed E-state index contributed by atoms with van der Waals surface area (Å²) in [6.45, 7) is 7.08. The van der Waals surface area contributed by atoms with E-state index in [1.807, 2.05) is 20.8 Å². The molecule has 122 valence electrons. The molecule has 0 unspecified atom stereocenters. The lowest BCUT2D eigenvalue weighted by atomic mass is 10.3. The Morgan fingerprint density at radius 1 is 0.762 bits per heavy atom. The van der Waals surface area contributed by atoms with E-state index in [2.05, 4.69) is 0 Å². The van der Waals surface area contributed by atoms with Gasteiger partial charge in [-0.25, -0.2) is 9.59 Å². The van der Waals surface area contributed by atoms with Crippen molar-refractivity contribution >= 4 is 11.9 Å². The van der Waals surface area contributed by atoms with E-state index in [0.29, 0.717) is 19.8 Å². The first-order valence-corrected chi connectivity index (χ1v) is 7.83. The summed E-state index contributed by atoms with van der Waals surface area (Å²) in [5.41, 5.74) is -0.168. The molecule has 0 fully saturated rings. The molecule has 0 saturated heterocycles. The molecule has 0 N–H and O–H groups in total. The SMILES string of the molecule is CCCCOC=C(C(=O)OCCCC)C(=O)OCCCC. The van der Waals surface area contributed by atoms with E-state index in [0.717, 1.165) is 44.8 Å². The largest absolute Gasteiger partial charge is 0.500 e. The highest BCUT2D eigenvalue weighted by atomic mass is 16.6. The first-order chi connectivity index (χ1) is 10.2. The summed E-state index contributed by atoms with van der Waals surface area (Å²) in [5.74, 6) is -1.36. The number of hydrogen-bond acceptors (Lipinski definition) is 5. The Morgan fingerprint density at radius 2 is 1.19 bits per heavy atom. The van der Waals surface area contributed by atoms with Gasteiger partial charge in [-0.1, -0.05) is 40.0 Å². The van der Waals surface area contributed by atoms with E-state index in [9.17, 15) is 9.59 Å². The molecule has 0 aliphatic rings. The van der Waals surface area contributed by atoms with Crippen molar-refractivity contribution in [2.24, 2.45) is 0 Å². The summed E-state index contributed by atoms with van der Waals surface area (Å²) >= 11 is 0. The number of carbonyl (C=O) groups is 2. The maximum Gasteiger partial charge on any atom is 0.348 e. The molecule has 0 rings (SSSR count). The molecule has 21 heavy (non-hydrogen) atoms. The molecule has 0 aliphatic heterocycles. The average molecular weight is 300 g/mol. The van der Waals surface area contributed by atoms with E-state index in [-0.39, 0.29) is 5.57 Å². The number of esters is 2. The Morgan fingerprint density at radius 3 is 1.62 bits per heavy atom. The van der Waals surface area contributed by atoms with Crippen LogP contribution in [0.3, 0.4) is 0 Å². The molecule has 0 aromatic carbocycles. The van der Waals surface area contributed by atoms with E-state index in [1.54, 1.807) is 0 Å². The summed E-state index contributed by atoms with van der Waals surface area (Å²) in [6, 6.07) is 0. The van der Waals surface area contributed by atoms with Gasteiger partial charge in [-0.3, -0.25) is 0 Å². The lowest BCUT2D eigenvalue weighted by Gasteiger charge is -2.09. The van der Waals surface area contributed by atoms with Crippen molar-refractivity contribution in [2.75, 3.05) is 19.8 Å². The lowest BCUT2D eigenvalue weighted by molar-refractivity contribution is -0.147. The van der Waals surface area contributed by atoms with Crippen molar-refractivity contribution in [2.45, 2.75) is 59.3 Å². The Hall–Kier alpha value is -1.52. The second-order valence-electron chi connectivity index (χ2n) is 4.73. The molecule has 0 bridgehead atoms. The lowest BCUT2D eigenvalue weighted by Crippen LogP contribution is -2.19. The van der Waals surface area contributed by atoms with Crippen LogP contribution in [-0.4, -0.2) is 31.8 Å². The zero-order valence-electron chi connectivity index (χ0n) is 13.5. The van der Waals surface area contributed by atoms with Gasteiger partial charge < -0.3 is 14.2 Å². The van der Waals surface area contributed by atoms with Crippen LogP contribution in [0, 0.1) is 0 Å². The van der Waals surface area contributed by atoms with Crippen molar-refractivity contribution < 1.29 is 23.8 Å². The molecule has 5 heteroatoms. The van der Waals surface area contributed by atoms with Crippen LogP contribution in [0.4, 0.5) is 0 Å². The van der Waals surface area contributed by atoms with Crippen molar-refractivity contribution in [1.82, 2.24) is 0 Å². The van der Waals surface area contributed by atoms with Crippen molar-refractivity contribution in [3.8, 4) is 0 Å². The molecule has 0 saturated carbocycles. The second kappa shape index (κ2) is 13.5. The fourth-order valence-corrected chi connectivity index (χ4v) is 1.32. The minimum Gasteiger partial charge on any atom is -0.500 e. The van der Waals surface area contributed by atoms with Crippen LogP contribution in [0.15, 0.2) is 11.8 Å². The van der Waals surface area contributed by atoms with Gasteiger partial charge in [0.15, 0.2) is 5.57 Å². The molecule has 0 amide bonds. The summed E-state index contributed by atoms with van der Waals surface area (Å²) in [5, 5.41) is 0. The first-order valence-electron chi connectivity index (χ1n) is 7.83. The van der Waals surface area contributed by atoms with Crippen LogP contribution in [0.2, 0.25) is 0 Å². The molecule has 0 aromatic rings. The Labute approximate surface area is 127 Å². The van der Waals surface area contributed by atoms with Crippen molar-refractivity contribution in [3.63, 3.8) is 0 Å². The molecule has 0 aliphatic carbocycles. The summed E-state index contributed by atoms with van der Waals surface area (Å²) in [6.07, 6.45) is 6.37. The Bertz CT molecular complexity index is 299. The molecule has 0 aromatic heterocycles. The molecule has 0 heterocycles. The van der Waals surface area contributed by atoms with Crippen LogP contribution >= 0.6 is 0 Å². The quantitative estimate of drug-likeness (QED) is 0.138.